The van der Waals surface area contributed by atoms with Gasteiger partial charge in [-0.15, -0.1) is 0 Å². The van der Waals surface area contributed by atoms with Crippen LogP contribution in [0.15, 0.2) is 60.7 Å². The summed E-state index contributed by atoms with van der Waals surface area (Å²) >= 11 is 0. The highest BCUT2D eigenvalue weighted by atomic mass is 16.5. The molecule has 0 aliphatic heterocycles. The van der Waals surface area contributed by atoms with Gasteiger partial charge in [-0.25, -0.2) is 0 Å². The van der Waals surface area contributed by atoms with E-state index in [9.17, 15) is 5.11 Å². The van der Waals surface area contributed by atoms with Crippen molar-refractivity contribution in [2.24, 2.45) is 0 Å². The average Bonchev–Trinajstić information content (AvgIpc) is 2.53. The second-order valence-electron chi connectivity index (χ2n) is 5.19. The maximum absolute atomic E-state index is 10.5. The van der Waals surface area contributed by atoms with Crippen molar-refractivity contribution in [2.45, 2.75) is 0 Å². The second-order valence-corrected chi connectivity index (χ2v) is 5.19. The second kappa shape index (κ2) is 4.38. The van der Waals surface area contributed by atoms with Crippen molar-refractivity contribution < 1.29 is 9.84 Å². The number of hydrogen-bond acceptors (Lipinski definition) is 2. The lowest BCUT2D eigenvalue weighted by atomic mass is 9.96. The van der Waals surface area contributed by atoms with E-state index in [1.165, 1.54) is 0 Å². The number of phenols is 1. The van der Waals surface area contributed by atoms with Gasteiger partial charge in [0.25, 0.3) is 0 Å². The quantitative estimate of drug-likeness (QED) is 0.502. The molecule has 0 aromatic heterocycles. The van der Waals surface area contributed by atoms with Crippen LogP contribution in [-0.2, 0) is 0 Å². The van der Waals surface area contributed by atoms with Crippen molar-refractivity contribution >= 4 is 32.3 Å². The Balaban J connectivity index is 2.27. The van der Waals surface area contributed by atoms with Crippen LogP contribution in [0.3, 0.4) is 0 Å². The van der Waals surface area contributed by atoms with Gasteiger partial charge in [0, 0.05) is 5.39 Å². The molecular weight excluding hydrogens is 260 g/mol. The Bertz CT molecular complexity index is 987. The zero-order valence-electron chi connectivity index (χ0n) is 11.6. The van der Waals surface area contributed by atoms with E-state index in [-0.39, 0.29) is 0 Å². The number of fused-ring (bicyclic) bond motifs is 5. The number of ether oxygens (including phenoxy) is 1. The first kappa shape index (κ1) is 12.0. The van der Waals surface area contributed by atoms with Crippen LogP contribution in [0, 0.1) is 0 Å². The molecule has 0 heterocycles. The molecule has 21 heavy (non-hydrogen) atoms. The first-order valence-electron chi connectivity index (χ1n) is 6.89. The van der Waals surface area contributed by atoms with Crippen LogP contribution in [0.1, 0.15) is 0 Å². The molecule has 2 heteroatoms. The van der Waals surface area contributed by atoms with Crippen LogP contribution >= 0.6 is 0 Å². The molecule has 0 saturated carbocycles. The van der Waals surface area contributed by atoms with Crippen molar-refractivity contribution in [3.63, 3.8) is 0 Å². The molecule has 0 fully saturated rings. The predicted octanol–water partition coefficient (Wildman–Crippen LogP) is 4.86. The summed E-state index contributed by atoms with van der Waals surface area (Å²) in [6.07, 6.45) is 0. The fourth-order valence-electron chi connectivity index (χ4n) is 3.01. The topological polar surface area (TPSA) is 29.5 Å². The summed E-state index contributed by atoms with van der Waals surface area (Å²) in [5, 5.41) is 16.7. The minimum Gasteiger partial charge on any atom is -0.507 e. The molecule has 4 aromatic rings. The zero-order chi connectivity index (χ0) is 14.4. The summed E-state index contributed by atoms with van der Waals surface area (Å²) in [6.45, 7) is 0. The smallest absolute Gasteiger partial charge is 0.124 e. The first-order valence-corrected chi connectivity index (χ1v) is 6.89. The molecule has 2 nitrogen and oxygen atoms in total. The van der Waals surface area contributed by atoms with E-state index in [1.807, 2.05) is 42.5 Å². The minimum atomic E-state index is 0.308. The molecule has 102 valence electrons. The van der Waals surface area contributed by atoms with Crippen LogP contribution < -0.4 is 4.74 Å². The van der Waals surface area contributed by atoms with Crippen molar-refractivity contribution in [1.29, 1.82) is 0 Å². The van der Waals surface area contributed by atoms with Crippen molar-refractivity contribution in [2.75, 3.05) is 7.11 Å². The van der Waals surface area contributed by atoms with Crippen LogP contribution in [0.5, 0.6) is 11.5 Å². The molecule has 0 aliphatic carbocycles. The number of rotatable bonds is 1. The lowest BCUT2D eigenvalue weighted by molar-refractivity contribution is 0.415. The third kappa shape index (κ3) is 1.73. The van der Waals surface area contributed by atoms with Gasteiger partial charge in [0.15, 0.2) is 0 Å². The zero-order valence-corrected chi connectivity index (χ0v) is 11.6. The van der Waals surface area contributed by atoms with Gasteiger partial charge in [0.1, 0.15) is 11.5 Å². The fourth-order valence-corrected chi connectivity index (χ4v) is 3.01. The Kier molecular flexibility index (Phi) is 2.51. The molecule has 0 unspecified atom stereocenters. The third-order valence-corrected chi connectivity index (χ3v) is 4.03. The van der Waals surface area contributed by atoms with E-state index in [4.69, 9.17) is 4.74 Å². The molecule has 0 bridgehead atoms. The highest BCUT2D eigenvalue weighted by molar-refractivity contribution is 6.20. The van der Waals surface area contributed by atoms with Crippen molar-refractivity contribution in [1.82, 2.24) is 0 Å². The SMILES string of the molecule is COc1ccc2ccc3c4ccccc4cc(O)c3c2c1. The van der Waals surface area contributed by atoms with Gasteiger partial charge in [0.2, 0.25) is 0 Å². The van der Waals surface area contributed by atoms with E-state index in [0.717, 1.165) is 38.1 Å². The van der Waals surface area contributed by atoms with E-state index >= 15 is 0 Å². The normalized spacial score (nSPS) is 11.3. The van der Waals surface area contributed by atoms with Gasteiger partial charge in [0.05, 0.1) is 7.11 Å². The predicted molar refractivity (Wildman–Crippen MR) is 87.2 cm³/mol. The number of methoxy groups -OCH3 is 1. The van der Waals surface area contributed by atoms with Crippen molar-refractivity contribution in [3.8, 4) is 11.5 Å². The summed E-state index contributed by atoms with van der Waals surface area (Å²) in [5.41, 5.74) is 0. The highest BCUT2D eigenvalue weighted by Crippen LogP contribution is 2.38. The first-order chi connectivity index (χ1) is 10.3. The molecule has 0 atom stereocenters. The standard InChI is InChI=1S/C19H14O2/c1-21-14-8-6-12-7-9-16-15-5-3-2-4-13(15)10-18(20)19(16)17(12)11-14/h2-11,20H,1H3. The number of hydrogen-bond donors (Lipinski definition) is 1. The molecule has 0 radical (unpaired) electrons. The van der Waals surface area contributed by atoms with Crippen LogP contribution in [0.25, 0.3) is 32.3 Å². The van der Waals surface area contributed by atoms with Gasteiger partial charge < -0.3 is 9.84 Å². The third-order valence-electron chi connectivity index (χ3n) is 4.03. The average molecular weight is 274 g/mol. The Morgan fingerprint density at radius 1 is 0.762 bits per heavy atom. The molecule has 4 rings (SSSR count). The maximum Gasteiger partial charge on any atom is 0.124 e. The summed E-state index contributed by atoms with van der Waals surface area (Å²) in [4.78, 5) is 0. The summed E-state index contributed by atoms with van der Waals surface area (Å²) in [5.74, 6) is 1.10. The molecule has 1 N–H and O–H groups in total. The van der Waals surface area contributed by atoms with Gasteiger partial charge in [-0.05, 0) is 45.1 Å². The van der Waals surface area contributed by atoms with Gasteiger partial charge in [-0.2, -0.15) is 0 Å². The summed E-state index contributed by atoms with van der Waals surface area (Å²) < 4.78 is 5.32. The van der Waals surface area contributed by atoms with E-state index < -0.39 is 0 Å². The molecule has 0 amide bonds. The van der Waals surface area contributed by atoms with E-state index in [0.29, 0.717) is 5.75 Å². The van der Waals surface area contributed by atoms with E-state index in [2.05, 4.69) is 18.2 Å². The van der Waals surface area contributed by atoms with E-state index in [1.54, 1.807) is 7.11 Å². The molecular formula is C19H14O2. The minimum absolute atomic E-state index is 0.308. The Hall–Kier alpha value is -2.74. The lowest BCUT2D eigenvalue weighted by Gasteiger charge is -2.10. The Morgan fingerprint density at radius 3 is 2.43 bits per heavy atom. The Morgan fingerprint density at radius 2 is 1.57 bits per heavy atom. The van der Waals surface area contributed by atoms with Gasteiger partial charge in [-0.3, -0.25) is 0 Å². The molecule has 0 aliphatic rings. The monoisotopic (exact) mass is 274 g/mol. The molecule has 0 spiro atoms. The van der Waals surface area contributed by atoms with Gasteiger partial charge in [-0.1, -0.05) is 42.5 Å². The van der Waals surface area contributed by atoms with Crippen LogP contribution in [-0.4, -0.2) is 12.2 Å². The fraction of sp³-hybridized carbons (Fsp3) is 0.0526. The molecule has 4 aromatic carbocycles. The number of aromatic hydroxyl groups is 1. The molecule has 0 saturated heterocycles. The van der Waals surface area contributed by atoms with Crippen LogP contribution in [0.2, 0.25) is 0 Å². The summed E-state index contributed by atoms with van der Waals surface area (Å²) in [6, 6.07) is 20.0. The lowest BCUT2D eigenvalue weighted by Crippen LogP contribution is -1.85. The Labute approximate surface area is 122 Å². The van der Waals surface area contributed by atoms with Gasteiger partial charge >= 0.3 is 0 Å². The summed E-state index contributed by atoms with van der Waals surface area (Å²) in [7, 11) is 1.65. The van der Waals surface area contributed by atoms with Crippen molar-refractivity contribution in [3.05, 3.63) is 60.7 Å². The largest absolute Gasteiger partial charge is 0.507 e. The number of phenolic OH excluding ortho intramolecular Hbond substituents is 1. The highest BCUT2D eigenvalue weighted by Gasteiger charge is 2.10. The maximum atomic E-state index is 10.5. The number of benzene rings is 4. The van der Waals surface area contributed by atoms with Crippen LogP contribution in [0.4, 0.5) is 0 Å².